The molecule has 0 saturated heterocycles. The fourth-order valence-corrected chi connectivity index (χ4v) is 3.79. The summed E-state index contributed by atoms with van der Waals surface area (Å²) in [6.45, 7) is 3.48. The summed E-state index contributed by atoms with van der Waals surface area (Å²) in [6, 6.07) is 8.82. The lowest BCUT2D eigenvalue weighted by Crippen LogP contribution is -2.51. The van der Waals surface area contributed by atoms with Crippen LogP contribution in [0.2, 0.25) is 0 Å². The molecule has 1 aromatic rings. The normalized spacial score (nSPS) is 30.4. The standard InChI is InChI=1S/C18H27NO/c1-14-5-4-10-18(11-14,13-20)19-12-16-6-2-3-7-17(16)15-8-9-15/h2-3,6-7,14-15,19-20H,4-5,8-13H2,1H3. The molecule has 2 fully saturated rings. The summed E-state index contributed by atoms with van der Waals surface area (Å²) >= 11 is 0. The minimum absolute atomic E-state index is 0.0473. The molecule has 0 heterocycles. The fourth-order valence-electron chi connectivity index (χ4n) is 3.79. The summed E-state index contributed by atoms with van der Waals surface area (Å²) in [7, 11) is 0. The van der Waals surface area contributed by atoms with Crippen molar-refractivity contribution in [3.8, 4) is 0 Å². The molecule has 0 radical (unpaired) electrons. The van der Waals surface area contributed by atoms with E-state index in [0.717, 1.165) is 31.2 Å². The smallest absolute Gasteiger partial charge is 0.0613 e. The minimum atomic E-state index is -0.0473. The first-order valence-corrected chi connectivity index (χ1v) is 8.16. The van der Waals surface area contributed by atoms with Crippen molar-refractivity contribution in [3.05, 3.63) is 35.4 Å². The van der Waals surface area contributed by atoms with E-state index in [1.165, 1.54) is 36.8 Å². The van der Waals surface area contributed by atoms with Gasteiger partial charge >= 0.3 is 0 Å². The molecule has 2 nitrogen and oxygen atoms in total. The second-order valence-corrected chi connectivity index (χ2v) is 6.97. The molecule has 0 amide bonds. The van der Waals surface area contributed by atoms with Gasteiger partial charge in [0.1, 0.15) is 0 Å². The Morgan fingerprint density at radius 3 is 2.75 bits per heavy atom. The number of aliphatic hydroxyl groups excluding tert-OH is 1. The lowest BCUT2D eigenvalue weighted by molar-refractivity contribution is 0.0982. The summed E-state index contributed by atoms with van der Waals surface area (Å²) in [6.07, 6.45) is 7.45. The van der Waals surface area contributed by atoms with E-state index in [4.69, 9.17) is 0 Å². The van der Waals surface area contributed by atoms with Gasteiger partial charge in [0.05, 0.1) is 6.61 Å². The van der Waals surface area contributed by atoms with Gasteiger partial charge in [-0.3, -0.25) is 0 Å². The van der Waals surface area contributed by atoms with Gasteiger partial charge in [0, 0.05) is 12.1 Å². The molecule has 2 heteroatoms. The van der Waals surface area contributed by atoms with Crippen molar-refractivity contribution in [2.75, 3.05) is 6.61 Å². The van der Waals surface area contributed by atoms with Gasteiger partial charge in [-0.25, -0.2) is 0 Å². The summed E-state index contributed by atoms with van der Waals surface area (Å²) in [5, 5.41) is 13.6. The summed E-state index contributed by atoms with van der Waals surface area (Å²) in [4.78, 5) is 0. The first-order valence-electron chi connectivity index (χ1n) is 8.16. The average molecular weight is 273 g/mol. The molecule has 2 unspecified atom stereocenters. The highest BCUT2D eigenvalue weighted by Gasteiger charge is 2.34. The summed E-state index contributed by atoms with van der Waals surface area (Å²) in [5.74, 6) is 1.52. The van der Waals surface area contributed by atoms with Crippen LogP contribution < -0.4 is 5.32 Å². The minimum Gasteiger partial charge on any atom is -0.394 e. The third kappa shape index (κ3) is 3.07. The van der Waals surface area contributed by atoms with Gasteiger partial charge in [0.25, 0.3) is 0 Å². The first-order chi connectivity index (χ1) is 9.72. The van der Waals surface area contributed by atoms with E-state index >= 15 is 0 Å². The lowest BCUT2D eigenvalue weighted by Gasteiger charge is -2.40. The highest BCUT2D eigenvalue weighted by Crippen LogP contribution is 2.41. The molecule has 20 heavy (non-hydrogen) atoms. The second kappa shape index (κ2) is 5.87. The Balaban J connectivity index is 1.68. The van der Waals surface area contributed by atoms with Crippen molar-refractivity contribution >= 4 is 0 Å². The highest BCUT2D eigenvalue weighted by molar-refractivity contribution is 5.33. The molecule has 2 aliphatic rings. The molecule has 110 valence electrons. The second-order valence-electron chi connectivity index (χ2n) is 6.97. The number of hydrogen-bond acceptors (Lipinski definition) is 2. The zero-order chi connectivity index (χ0) is 14.0. The van der Waals surface area contributed by atoms with Crippen molar-refractivity contribution in [1.29, 1.82) is 0 Å². The van der Waals surface area contributed by atoms with E-state index in [1.54, 1.807) is 0 Å². The van der Waals surface area contributed by atoms with Crippen LogP contribution in [0, 0.1) is 5.92 Å². The van der Waals surface area contributed by atoms with Crippen LogP contribution in [0.5, 0.6) is 0 Å². The molecule has 0 bridgehead atoms. The van der Waals surface area contributed by atoms with Crippen LogP contribution in [0.1, 0.15) is 62.5 Å². The predicted molar refractivity (Wildman–Crippen MR) is 82.7 cm³/mol. The van der Waals surface area contributed by atoms with E-state index in [0.29, 0.717) is 0 Å². The average Bonchev–Trinajstić information content (AvgIpc) is 3.30. The van der Waals surface area contributed by atoms with E-state index in [1.807, 2.05) is 0 Å². The predicted octanol–water partition coefficient (Wildman–Crippen LogP) is 3.59. The van der Waals surface area contributed by atoms with E-state index in [2.05, 4.69) is 36.5 Å². The Hall–Kier alpha value is -0.860. The molecule has 2 N–H and O–H groups in total. The molecule has 0 aliphatic heterocycles. The Kier molecular flexibility index (Phi) is 4.13. The number of benzene rings is 1. The summed E-state index contributed by atoms with van der Waals surface area (Å²) < 4.78 is 0. The van der Waals surface area contributed by atoms with Gasteiger partial charge in [-0.1, -0.05) is 44.0 Å². The number of rotatable bonds is 5. The maximum Gasteiger partial charge on any atom is 0.0613 e. The zero-order valence-corrected chi connectivity index (χ0v) is 12.6. The Morgan fingerprint density at radius 2 is 2.05 bits per heavy atom. The van der Waals surface area contributed by atoms with Gasteiger partial charge in [0.2, 0.25) is 0 Å². The highest BCUT2D eigenvalue weighted by atomic mass is 16.3. The van der Waals surface area contributed by atoms with Crippen molar-refractivity contribution in [2.24, 2.45) is 5.92 Å². The third-order valence-corrected chi connectivity index (χ3v) is 5.12. The number of nitrogens with one attached hydrogen (secondary N) is 1. The van der Waals surface area contributed by atoms with Crippen LogP contribution in [0.15, 0.2) is 24.3 Å². The van der Waals surface area contributed by atoms with E-state index in [9.17, 15) is 5.11 Å². The number of hydrogen-bond donors (Lipinski definition) is 2. The molecule has 3 rings (SSSR count). The van der Waals surface area contributed by atoms with Crippen LogP contribution in [0.4, 0.5) is 0 Å². The molecule has 0 spiro atoms. The van der Waals surface area contributed by atoms with Gasteiger partial charge in [-0.15, -0.1) is 0 Å². The van der Waals surface area contributed by atoms with Crippen LogP contribution in [0.3, 0.4) is 0 Å². The Bertz CT molecular complexity index is 454. The van der Waals surface area contributed by atoms with Crippen molar-refractivity contribution in [1.82, 2.24) is 5.32 Å². The van der Waals surface area contributed by atoms with Crippen molar-refractivity contribution < 1.29 is 5.11 Å². The maximum atomic E-state index is 9.87. The molecular weight excluding hydrogens is 246 g/mol. The van der Waals surface area contributed by atoms with Crippen LogP contribution in [-0.2, 0) is 6.54 Å². The first kappa shape index (κ1) is 14.1. The SMILES string of the molecule is CC1CCCC(CO)(NCc2ccccc2C2CC2)C1. The fraction of sp³-hybridized carbons (Fsp3) is 0.667. The summed E-state index contributed by atoms with van der Waals surface area (Å²) in [5.41, 5.74) is 2.91. The maximum absolute atomic E-state index is 9.87. The topological polar surface area (TPSA) is 32.3 Å². The lowest BCUT2D eigenvalue weighted by atomic mass is 9.76. The Morgan fingerprint density at radius 1 is 1.25 bits per heavy atom. The largest absolute Gasteiger partial charge is 0.394 e. The molecule has 1 aromatic carbocycles. The van der Waals surface area contributed by atoms with Crippen LogP contribution >= 0.6 is 0 Å². The molecular formula is C18H27NO. The monoisotopic (exact) mass is 273 g/mol. The molecule has 2 aliphatic carbocycles. The zero-order valence-electron chi connectivity index (χ0n) is 12.6. The molecule has 2 atom stereocenters. The van der Waals surface area contributed by atoms with Crippen LogP contribution in [-0.4, -0.2) is 17.3 Å². The van der Waals surface area contributed by atoms with E-state index < -0.39 is 0 Å². The van der Waals surface area contributed by atoms with Gasteiger partial charge in [-0.2, -0.15) is 0 Å². The molecule has 2 saturated carbocycles. The van der Waals surface area contributed by atoms with Gasteiger partial charge in [0.15, 0.2) is 0 Å². The van der Waals surface area contributed by atoms with Crippen LogP contribution in [0.25, 0.3) is 0 Å². The van der Waals surface area contributed by atoms with E-state index in [-0.39, 0.29) is 12.1 Å². The number of aliphatic hydroxyl groups is 1. The quantitative estimate of drug-likeness (QED) is 0.859. The van der Waals surface area contributed by atoms with Crippen molar-refractivity contribution in [2.45, 2.75) is 63.5 Å². The Labute approximate surface area is 122 Å². The third-order valence-electron chi connectivity index (χ3n) is 5.12. The van der Waals surface area contributed by atoms with Gasteiger partial charge in [-0.05, 0) is 48.6 Å². The van der Waals surface area contributed by atoms with Crippen molar-refractivity contribution in [3.63, 3.8) is 0 Å². The molecule has 0 aromatic heterocycles. The van der Waals surface area contributed by atoms with Gasteiger partial charge < -0.3 is 10.4 Å².